The van der Waals surface area contributed by atoms with Gasteiger partial charge in [-0.3, -0.25) is 18.9 Å². The Morgan fingerprint density at radius 1 is 1.18 bits per heavy atom. The number of nitriles is 1. The summed E-state index contributed by atoms with van der Waals surface area (Å²) >= 11 is 6.23. The number of allylic oxidation sites excluding steroid dienone is 2. The predicted octanol–water partition coefficient (Wildman–Crippen LogP) is 5.70. The summed E-state index contributed by atoms with van der Waals surface area (Å²) in [5, 5.41) is 18.5. The van der Waals surface area contributed by atoms with Crippen molar-refractivity contribution in [3.05, 3.63) is 63.3 Å². The van der Waals surface area contributed by atoms with Gasteiger partial charge in [0.15, 0.2) is 0 Å². The molecular weight excluding hydrogens is 582 g/mol. The van der Waals surface area contributed by atoms with Gasteiger partial charge in [0, 0.05) is 61.1 Å². The minimum Gasteiger partial charge on any atom is -0.418 e. The maximum absolute atomic E-state index is 13.1. The molecule has 0 saturated carbocycles. The third-order valence-electron chi connectivity index (χ3n) is 6.84. The van der Waals surface area contributed by atoms with Crippen LogP contribution in [0.2, 0.25) is 0 Å². The van der Waals surface area contributed by atoms with Crippen LogP contribution in [0, 0.1) is 11.3 Å². The van der Waals surface area contributed by atoms with E-state index in [4.69, 9.17) is 21.1 Å². The standard InChI is InChI=1S/C28H30ClN9O3.C2H6.CH4/c1-4-22(18(2)29)23-14-20-16-32-28(34-25(20)36(3)27(23)39)33-21-13-19(15-30)26(31-17-21)41-24-5-6-38(35-24)8-7-37-9-11-40-12-10-37;1-2;/h5-6,13-14,16-17H,4,7-12H2,1-3H3,(H,32,33,34);1-2H3;1H4/b22-18-;;. The van der Waals surface area contributed by atoms with Crippen LogP contribution in [-0.4, -0.2) is 67.0 Å². The van der Waals surface area contributed by atoms with Crippen molar-refractivity contribution in [1.82, 2.24) is 34.2 Å². The van der Waals surface area contributed by atoms with Gasteiger partial charge in [-0.1, -0.05) is 39.8 Å². The van der Waals surface area contributed by atoms with E-state index in [1.165, 1.54) is 10.8 Å². The van der Waals surface area contributed by atoms with Crippen molar-refractivity contribution in [3.8, 4) is 17.8 Å². The maximum atomic E-state index is 13.1. The Bertz CT molecular complexity index is 1700. The van der Waals surface area contributed by atoms with Gasteiger partial charge >= 0.3 is 0 Å². The van der Waals surface area contributed by atoms with Crippen LogP contribution in [0.5, 0.6) is 11.8 Å². The molecule has 0 bridgehead atoms. The average molecular weight is 622 g/mol. The highest BCUT2D eigenvalue weighted by Gasteiger charge is 2.15. The van der Waals surface area contributed by atoms with Gasteiger partial charge in [0.1, 0.15) is 17.3 Å². The monoisotopic (exact) mass is 621 g/mol. The van der Waals surface area contributed by atoms with Crippen LogP contribution in [0.3, 0.4) is 0 Å². The lowest BCUT2D eigenvalue weighted by atomic mass is 10.0. The molecule has 0 aliphatic carbocycles. The molecule has 1 saturated heterocycles. The number of rotatable bonds is 9. The first-order valence-electron chi connectivity index (χ1n) is 14.3. The summed E-state index contributed by atoms with van der Waals surface area (Å²) in [4.78, 5) is 28.6. The Morgan fingerprint density at radius 2 is 1.93 bits per heavy atom. The molecule has 1 N–H and O–H groups in total. The normalized spacial score (nSPS) is 13.7. The van der Waals surface area contributed by atoms with E-state index in [1.807, 2.05) is 27.0 Å². The fourth-order valence-corrected chi connectivity index (χ4v) is 4.88. The van der Waals surface area contributed by atoms with E-state index in [1.54, 1.807) is 43.0 Å². The number of aromatic nitrogens is 6. The van der Waals surface area contributed by atoms with Crippen LogP contribution >= 0.6 is 11.6 Å². The molecule has 13 heteroatoms. The van der Waals surface area contributed by atoms with E-state index in [9.17, 15) is 10.1 Å². The lowest BCUT2D eigenvalue weighted by Crippen LogP contribution is -2.38. The number of fused-ring (bicyclic) bond motifs is 1. The molecule has 0 spiro atoms. The van der Waals surface area contributed by atoms with Gasteiger partial charge in [0.25, 0.3) is 5.56 Å². The highest BCUT2D eigenvalue weighted by Crippen LogP contribution is 2.27. The third kappa shape index (κ3) is 7.99. The first-order chi connectivity index (χ1) is 20.9. The van der Waals surface area contributed by atoms with Crippen molar-refractivity contribution in [3.63, 3.8) is 0 Å². The quantitative estimate of drug-likeness (QED) is 0.248. The van der Waals surface area contributed by atoms with Crippen molar-refractivity contribution in [2.75, 3.05) is 38.2 Å². The molecule has 1 aliphatic rings. The van der Waals surface area contributed by atoms with E-state index in [0.717, 1.165) is 38.4 Å². The lowest BCUT2D eigenvalue weighted by Gasteiger charge is -2.26. The highest BCUT2D eigenvalue weighted by atomic mass is 35.5. The van der Waals surface area contributed by atoms with Crippen LogP contribution in [-0.2, 0) is 18.3 Å². The first-order valence-corrected chi connectivity index (χ1v) is 14.6. The molecule has 5 heterocycles. The van der Waals surface area contributed by atoms with Crippen LogP contribution < -0.4 is 15.6 Å². The van der Waals surface area contributed by atoms with E-state index < -0.39 is 0 Å². The zero-order valence-electron chi connectivity index (χ0n) is 25.1. The van der Waals surface area contributed by atoms with Crippen molar-refractivity contribution in [2.24, 2.45) is 7.05 Å². The number of ether oxygens (including phenoxy) is 2. The largest absolute Gasteiger partial charge is 0.418 e. The van der Waals surface area contributed by atoms with Gasteiger partial charge in [-0.05, 0) is 31.1 Å². The topological polar surface area (TPSA) is 136 Å². The molecule has 0 amide bonds. The molecule has 0 atom stereocenters. The molecule has 234 valence electrons. The number of hydrogen-bond donors (Lipinski definition) is 1. The number of morpholine rings is 1. The molecule has 44 heavy (non-hydrogen) atoms. The molecule has 12 nitrogen and oxygen atoms in total. The smallest absolute Gasteiger partial charge is 0.259 e. The fourth-order valence-electron chi connectivity index (χ4n) is 4.64. The minimum atomic E-state index is -0.197. The summed E-state index contributed by atoms with van der Waals surface area (Å²) < 4.78 is 14.5. The maximum Gasteiger partial charge on any atom is 0.259 e. The van der Waals surface area contributed by atoms with Gasteiger partial charge in [-0.25, -0.2) is 9.97 Å². The highest BCUT2D eigenvalue weighted by molar-refractivity contribution is 6.32. The lowest BCUT2D eigenvalue weighted by molar-refractivity contribution is 0.0359. The Labute approximate surface area is 262 Å². The molecule has 5 rings (SSSR count). The van der Waals surface area contributed by atoms with E-state index >= 15 is 0 Å². The van der Waals surface area contributed by atoms with E-state index in [0.29, 0.717) is 46.2 Å². The van der Waals surface area contributed by atoms with Crippen molar-refractivity contribution < 1.29 is 9.47 Å². The third-order valence-corrected chi connectivity index (χ3v) is 7.07. The summed E-state index contributed by atoms with van der Waals surface area (Å²) in [6, 6.07) is 7.20. The molecule has 1 aliphatic heterocycles. The number of aryl methyl sites for hydroxylation is 1. The van der Waals surface area contributed by atoms with Gasteiger partial charge in [0.2, 0.25) is 17.7 Å². The number of pyridine rings is 2. The van der Waals surface area contributed by atoms with Crippen LogP contribution in [0.1, 0.15) is 52.7 Å². The summed E-state index contributed by atoms with van der Waals surface area (Å²) in [5.74, 6) is 0.735. The van der Waals surface area contributed by atoms with Crippen LogP contribution in [0.25, 0.3) is 16.6 Å². The van der Waals surface area contributed by atoms with Gasteiger partial charge < -0.3 is 14.8 Å². The molecular formula is C31H40ClN9O3. The van der Waals surface area contributed by atoms with Crippen LogP contribution in [0.4, 0.5) is 11.6 Å². The Kier molecular flexibility index (Phi) is 12.4. The molecule has 4 aromatic heterocycles. The zero-order valence-corrected chi connectivity index (χ0v) is 25.9. The fraction of sp³-hybridized carbons (Fsp3) is 0.419. The van der Waals surface area contributed by atoms with Crippen molar-refractivity contribution in [2.45, 2.75) is 48.1 Å². The van der Waals surface area contributed by atoms with Crippen molar-refractivity contribution in [1.29, 1.82) is 5.26 Å². The number of anilines is 2. The summed E-state index contributed by atoms with van der Waals surface area (Å²) in [6.07, 6.45) is 5.61. The number of halogens is 1. The minimum absolute atomic E-state index is 0. The predicted molar refractivity (Wildman–Crippen MR) is 173 cm³/mol. The Balaban J connectivity index is 0.00000173. The molecule has 0 aromatic carbocycles. The molecule has 0 radical (unpaired) electrons. The summed E-state index contributed by atoms with van der Waals surface area (Å²) in [7, 11) is 1.66. The van der Waals surface area contributed by atoms with Crippen molar-refractivity contribution >= 4 is 39.8 Å². The second-order valence-electron chi connectivity index (χ2n) is 9.55. The van der Waals surface area contributed by atoms with E-state index in [-0.39, 0.29) is 30.4 Å². The second kappa shape index (κ2) is 16.0. The SMILES string of the molecule is C.CC.CC/C(=C(\C)Cl)c1cc2cnc(Nc3cnc(Oc4ccn(CCN5CCOCC5)n4)c(C#N)c3)nc2n(C)c1=O. The molecule has 4 aromatic rings. The molecule has 0 unspecified atom stereocenters. The van der Waals surface area contributed by atoms with E-state index in [2.05, 4.69) is 36.3 Å². The second-order valence-corrected chi connectivity index (χ2v) is 10.1. The summed E-state index contributed by atoms with van der Waals surface area (Å²) in [6.45, 7) is 12.6. The number of hydrogen-bond acceptors (Lipinski definition) is 10. The Hall–Kier alpha value is -4.31. The average Bonchev–Trinajstić information content (AvgIpc) is 3.48. The summed E-state index contributed by atoms with van der Waals surface area (Å²) in [5.41, 5.74) is 2.27. The first kappa shape index (κ1) is 34.2. The number of nitrogens with zero attached hydrogens (tertiary/aromatic N) is 8. The van der Waals surface area contributed by atoms with Gasteiger partial charge in [-0.2, -0.15) is 10.2 Å². The Morgan fingerprint density at radius 3 is 2.61 bits per heavy atom. The van der Waals surface area contributed by atoms with Crippen LogP contribution in [0.15, 0.2) is 46.6 Å². The zero-order chi connectivity index (χ0) is 30.9. The van der Waals surface area contributed by atoms with Gasteiger partial charge in [0.05, 0.1) is 31.6 Å². The number of nitrogens with one attached hydrogen (secondary N) is 1. The van der Waals surface area contributed by atoms with Gasteiger partial charge in [-0.15, -0.1) is 5.10 Å². The molecule has 1 fully saturated rings.